The van der Waals surface area contributed by atoms with Crippen molar-refractivity contribution < 1.29 is 14.3 Å². The largest absolute Gasteiger partial charge is 0.469 e. The van der Waals surface area contributed by atoms with E-state index >= 15 is 0 Å². The molecule has 0 bridgehead atoms. The Labute approximate surface area is 96.5 Å². The van der Waals surface area contributed by atoms with Gasteiger partial charge in [0.05, 0.1) is 12.5 Å². The number of esters is 1. The number of carbonyl (C=O) groups excluding carboxylic acids is 2. The lowest BCUT2D eigenvalue weighted by atomic mass is 9.57. The molecule has 2 fully saturated rings. The quantitative estimate of drug-likeness (QED) is 0.642. The van der Waals surface area contributed by atoms with Crippen molar-refractivity contribution >= 4 is 11.8 Å². The first-order chi connectivity index (χ1) is 7.60. The summed E-state index contributed by atoms with van der Waals surface area (Å²) < 4.78 is 4.96. The number of Topliss-reactive ketones (excluding diaryl/α,β-unsaturated/α-hetero) is 1. The van der Waals surface area contributed by atoms with Crippen LogP contribution in [0.4, 0.5) is 0 Å². The molecule has 0 aliphatic heterocycles. The van der Waals surface area contributed by atoms with Crippen molar-refractivity contribution in [2.75, 3.05) is 7.11 Å². The summed E-state index contributed by atoms with van der Waals surface area (Å²) in [6.45, 7) is 2.17. The second kappa shape index (κ2) is 4.19. The van der Waals surface area contributed by atoms with Crippen LogP contribution in [-0.2, 0) is 14.3 Å². The smallest absolute Gasteiger partial charge is 0.312 e. The van der Waals surface area contributed by atoms with Gasteiger partial charge in [0, 0.05) is 12.3 Å². The number of hydrogen-bond donors (Lipinski definition) is 0. The topological polar surface area (TPSA) is 43.4 Å². The lowest BCUT2D eigenvalue weighted by molar-refractivity contribution is -0.167. The average Bonchev–Trinajstić information content (AvgIpc) is 2.27. The lowest BCUT2D eigenvalue weighted by Gasteiger charge is -2.46. The molecule has 2 rings (SSSR count). The Morgan fingerprint density at radius 1 is 1.44 bits per heavy atom. The van der Waals surface area contributed by atoms with Gasteiger partial charge >= 0.3 is 5.97 Å². The molecule has 1 unspecified atom stereocenters. The normalized spacial score (nSPS) is 39.0. The maximum absolute atomic E-state index is 12.0. The molecule has 0 aromatic carbocycles. The first kappa shape index (κ1) is 11.6. The van der Waals surface area contributed by atoms with Gasteiger partial charge in [-0.25, -0.2) is 0 Å². The van der Waals surface area contributed by atoms with E-state index in [0.29, 0.717) is 12.3 Å². The maximum Gasteiger partial charge on any atom is 0.312 e. The number of hydrogen-bond acceptors (Lipinski definition) is 3. The highest BCUT2D eigenvalue weighted by atomic mass is 16.5. The first-order valence-electron chi connectivity index (χ1n) is 6.21. The Balaban J connectivity index is 2.32. The molecular weight excluding hydrogens is 204 g/mol. The number of rotatable bonds is 1. The van der Waals surface area contributed by atoms with Crippen LogP contribution in [0.15, 0.2) is 0 Å². The zero-order valence-electron chi connectivity index (χ0n) is 10.1. The number of ether oxygens (including phenoxy) is 1. The molecule has 0 radical (unpaired) electrons. The van der Waals surface area contributed by atoms with Crippen LogP contribution in [0, 0.1) is 17.3 Å². The fourth-order valence-corrected chi connectivity index (χ4v) is 3.62. The van der Waals surface area contributed by atoms with E-state index in [0.717, 1.165) is 32.1 Å². The number of ketones is 1. The third-order valence-corrected chi connectivity index (χ3v) is 4.35. The Bertz CT molecular complexity index is 310. The van der Waals surface area contributed by atoms with E-state index in [4.69, 9.17) is 4.74 Å². The van der Waals surface area contributed by atoms with Gasteiger partial charge in [0.25, 0.3) is 0 Å². The molecule has 3 atom stereocenters. The number of carbonyl (C=O) groups is 2. The Morgan fingerprint density at radius 2 is 2.19 bits per heavy atom. The van der Waals surface area contributed by atoms with Crippen molar-refractivity contribution in [3.05, 3.63) is 0 Å². The van der Waals surface area contributed by atoms with Crippen LogP contribution in [0.1, 0.15) is 45.4 Å². The van der Waals surface area contributed by atoms with Crippen LogP contribution in [0.3, 0.4) is 0 Å². The predicted octanol–water partition coefficient (Wildman–Crippen LogP) is 2.33. The summed E-state index contributed by atoms with van der Waals surface area (Å²) in [5.74, 6) is 0.590. The summed E-state index contributed by atoms with van der Waals surface area (Å²) in [6, 6.07) is 0. The monoisotopic (exact) mass is 224 g/mol. The highest BCUT2D eigenvalue weighted by molar-refractivity contribution is 5.90. The van der Waals surface area contributed by atoms with Crippen LogP contribution in [0.5, 0.6) is 0 Å². The van der Waals surface area contributed by atoms with Crippen molar-refractivity contribution in [1.29, 1.82) is 0 Å². The van der Waals surface area contributed by atoms with E-state index < -0.39 is 5.41 Å². The van der Waals surface area contributed by atoms with Gasteiger partial charge in [0.15, 0.2) is 0 Å². The third kappa shape index (κ3) is 1.66. The molecule has 0 amide bonds. The van der Waals surface area contributed by atoms with Gasteiger partial charge in [-0.05, 0) is 38.0 Å². The molecule has 0 saturated heterocycles. The van der Waals surface area contributed by atoms with E-state index in [9.17, 15) is 9.59 Å². The fraction of sp³-hybridized carbons (Fsp3) is 0.846. The molecule has 2 aliphatic rings. The number of fused-ring (bicyclic) bond motifs is 1. The zero-order chi connectivity index (χ0) is 11.8. The summed E-state index contributed by atoms with van der Waals surface area (Å²) in [5, 5.41) is 0. The zero-order valence-corrected chi connectivity index (χ0v) is 10.1. The number of methoxy groups -OCH3 is 1. The van der Waals surface area contributed by atoms with Crippen LogP contribution in [0.2, 0.25) is 0 Å². The van der Waals surface area contributed by atoms with E-state index in [1.165, 1.54) is 7.11 Å². The van der Waals surface area contributed by atoms with Gasteiger partial charge in [0.1, 0.15) is 5.78 Å². The fourth-order valence-electron chi connectivity index (χ4n) is 3.62. The van der Waals surface area contributed by atoms with Crippen molar-refractivity contribution in [1.82, 2.24) is 0 Å². The maximum atomic E-state index is 12.0. The molecule has 2 saturated carbocycles. The van der Waals surface area contributed by atoms with Crippen molar-refractivity contribution in [3.8, 4) is 0 Å². The Hall–Kier alpha value is -0.860. The van der Waals surface area contributed by atoms with Crippen LogP contribution in [0.25, 0.3) is 0 Å². The minimum atomic E-state index is -0.484. The summed E-state index contributed by atoms with van der Waals surface area (Å²) >= 11 is 0. The Kier molecular flexibility index (Phi) is 3.04. The SMILES string of the molecule is COC(=O)[C@]12CCCC(=O)[C@@H]1CCC(C)C2. The second-order valence-corrected chi connectivity index (χ2v) is 5.41. The minimum Gasteiger partial charge on any atom is -0.469 e. The highest BCUT2D eigenvalue weighted by Gasteiger charge is 2.53. The molecule has 2 aliphatic carbocycles. The van der Waals surface area contributed by atoms with E-state index in [1.807, 2.05) is 0 Å². The molecule has 0 heterocycles. The van der Waals surface area contributed by atoms with Crippen LogP contribution in [-0.4, -0.2) is 18.9 Å². The summed E-state index contributed by atoms with van der Waals surface area (Å²) in [4.78, 5) is 24.0. The molecule has 16 heavy (non-hydrogen) atoms. The molecule has 0 aromatic heterocycles. The highest BCUT2D eigenvalue weighted by Crippen LogP contribution is 2.51. The molecule has 90 valence electrons. The van der Waals surface area contributed by atoms with Crippen LogP contribution < -0.4 is 0 Å². The molecule has 0 aromatic rings. The van der Waals surface area contributed by atoms with Gasteiger partial charge in [-0.3, -0.25) is 9.59 Å². The minimum absolute atomic E-state index is 0.0649. The lowest BCUT2D eigenvalue weighted by Crippen LogP contribution is -2.49. The molecule has 3 nitrogen and oxygen atoms in total. The molecule has 0 spiro atoms. The second-order valence-electron chi connectivity index (χ2n) is 5.41. The third-order valence-electron chi connectivity index (χ3n) is 4.35. The summed E-state index contributed by atoms with van der Waals surface area (Å²) in [5.41, 5.74) is -0.484. The first-order valence-corrected chi connectivity index (χ1v) is 6.21. The summed E-state index contributed by atoms with van der Waals surface area (Å²) in [6.07, 6.45) is 5.09. The van der Waals surface area contributed by atoms with Crippen molar-refractivity contribution in [2.45, 2.75) is 45.4 Å². The van der Waals surface area contributed by atoms with Crippen LogP contribution >= 0.6 is 0 Å². The van der Waals surface area contributed by atoms with Crippen molar-refractivity contribution in [2.24, 2.45) is 17.3 Å². The predicted molar refractivity (Wildman–Crippen MR) is 59.8 cm³/mol. The standard InChI is InChI=1S/C13H20O3/c1-9-5-6-10-11(14)4-3-7-13(10,8-9)12(15)16-2/h9-10H,3-8H2,1-2H3/t9?,10-,13-/m0/s1. The average molecular weight is 224 g/mol. The van der Waals surface area contributed by atoms with E-state index in [2.05, 4.69) is 6.92 Å². The molecule has 3 heteroatoms. The van der Waals surface area contributed by atoms with E-state index in [1.54, 1.807) is 0 Å². The van der Waals surface area contributed by atoms with Crippen molar-refractivity contribution in [3.63, 3.8) is 0 Å². The molecular formula is C13H20O3. The van der Waals surface area contributed by atoms with Gasteiger partial charge < -0.3 is 4.74 Å². The van der Waals surface area contributed by atoms with Gasteiger partial charge in [0.2, 0.25) is 0 Å². The van der Waals surface area contributed by atoms with Gasteiger partial charge in [-0.2, -0.15) is 0 Å². The molecule has 0 N–H and O–H groups in total. The summed E-state index contributed by atoms with van der Waals surface area (Å²) in [7, 11) is 1.44. The van der Waals surface area contributed by atoms with E-state index in [-0.39, 0.29) is 17.7 Å². The Morgan fingerprint density at radius 3 is 2.88 bits per heavy atom. The van der Waals surface area contributed by atoms with Gasteiger partial charge in [-0.15, -0.1) is 0 Å². The van der Waals surface area contributed by atoms with Gasteiger partial charge in [-0.1, -0.05) is 6.92 Å².